The Morgan fingerprint density at radius 2 is 2.07 bits per heavy atom. The van der Waals surface area contributed by atoms with E-state index < -0.39 is 5.60 Å². The van der Waals surface area contributed by atoms with Crippen LogP contribution in [-0.2, 0) is 4.74 Å². The number of nitrogens with one attached hydrogen (secondary N) is 2. The van der Waals surface area contributed by atoms with Crippen LogP contribution >= 0.6 is 0 Å². The Morgan fingerprint density at radius 1 is 1.33 bits per heavy atom. The van der Waals surface area contributed by atoms with Crippen molar-refractivity contribution < 1.29 is 9.53 Å². The smallest absolute Gasteiger partial charge is 0.422 e. The molecule has 2 N–H and O–H groups in total. The first-order valence-corrected chi connectivity index (χ1v) is 5.70. The zero-order valence-corrected chi connectivity index (χ0v) is 9.67. The van der Waals surface area contributed by atoms with Crippen LogP contribution in [0.25, 0.3) is 0 Å². The van der Waals surface area contributed by atoms with Crippen molar-refractivity contribution in [2.45, 2.75) is 51.7 Å². The first-order valence-electron chi connectivity index (χ1n) is 5.70. The molecular formula is C11H20N2O2. The van der Waals surface area contributed by atoms with Crippen molar-refractivity contribution in [1.29, 1.82) is 0 Å². The average molecular weight is 212 g/mol. The third-order valence-electron chi connectivity index (χ3n) is 3.10. The molecule has 2 aliphatic carbocycles. The third-order valence-corrected chi connectivity index (χ3v) is 3.10. The molecule has 3 unspecified atom stereocenters. The van der Waals surface area contributed by atoms with E-state index >= 15 is 0 Å². The van der Waals surface area contributed by atoms with Gasteiger partial charge in [-0.1, -0.05) is 0 Å². The monoisotopic (exact) mass is 212 g/mol. The number of ether oxygens (including phenoxy) is 1. The maximum atomic E-state index is 11.3. The van der Waals surface area contributed by atoms with E-state index in [4.69, 9.17) is 4.74 Å². The molecule has 1 amide bonds. The summed E-state index contributed by atoms with van der Waals surface area (Å²) in [5, 5.41) is 0. The minimum atomic E-state index is -0.427. The van der Waals surface area contributed by atoms with E-state index in [0.29, 0.717) is 6.04 Å². The summed E-state index contributed by atoms with van der Waals surface area (Å²) in [5.74, 6) is 1.71. The number of hydrogen-bond donors (Lipinski definition) is 2. The van der Waals surface area contributed by atoms with Crippen LogP contribution in [0.2, 0.25) is 0 Å². The quantitative estimate of drug-likeness (QED) is 0.686. The number of carbonyl (C=O) groups is 1. The molecular weight excluding hydrogens is 192 g/mol. The predicted octanol–water partition coefficient (Wildman–Crippen LogP) is 1.81. The zero-order valence-electron chi connectivity index (χ0n) is 9.67. The number of rotatable bonds is 2. The van der Waals surface area contributed by atoms with Crippen molar-refractivity contribution in [2.75, 3.05) is 0 Å². The fraction of sp³-hybridized carbons (Fsp3) is 0.909. The van der Waals surface area contributed by atoms with Gasteiger partial charge in [-0.25, -0.2) is 10.2 Å². The molecule has 0 aromatic heterocycles. The van der Waals surface area contributed by atoms with Crippen molar-refractivity contribution in [3.63, 3.8) is 0 Å². The molecule has 0 bridgehead atoms. The van der Waals surface area contributed by atoms with Crippen LogP contribution in [0.1, 0.15) is 40.0 Å². The van der Waals surface area contributed by atoms with E-state index in [-0.39, 0.29) is 6.09 Å². The molecule has 2 saturated carbocycles. The van der Waals surface area contributed by atoms with Gasteiger partial charge in [0.05, 0.1) is 0 Å². The van der Waals surface area contributed by atoms with E-state index in [1.807, 2.05) is 20.8 Å². The normalized spacial score (nSPS) is 33.4. The topological polar surface area (TPSA) is 50.4 Å². The first-order chi connectivity index (χ1) is 6.96. The molecule has 3 atom stereocenters. The van der Waals surface area contributed by atoms with E-state index in [2.05, 4.69) is 10.9 Å². The second kappa shape index (κ2) is 3.67. The number of amides is 1. The summed E-state index contributed by atoms with van der Waals surface area (Å²) in [6, 6.07) is 0.461. The van der Waals surface area contributed by atoms with Gasteiger partial charge >= 0.3 is 6.09 Å². The van der Waals surface area contributed by atoms with Crippen molar-refractivity contribution in [3.8, 4) is 0 Å². The van der Waals surface area contributed by atoms with Crippen LogP contribution in [0.4, 0.5) is 4.79 Å². The molecule has 0 aliphatic heterocycles. The van der Waals surface area contributed by atoms with Crippen LogP contribution < -0.4 is 10.9 Å². The largest absolute Gasteiger partial charge is 0.443 e. The fourth-order valence-electron chi connectivity index (χ4n) is 2.34. The molecule has 4 nitrogen and oxygen atoms in total. The Bertz CT molecular complexity index is 260. The van der Waals surface area contributed by atoms with Gasteiger partial charge in [-0.2, -0.15) is 0 Å². The van der Waals surface area contributed by atoms with Crippen LogP contribution in [0.15, 0.2) is 0 Å². The SMILES string of the molecule is CC(C)(C)OC(=O)NNC1CCC2CC21. The predicted molar refractivity (Wildman–Crippen MR) is 57.1 cm³/mol. The summed E-state index contributed by atoms with van der Waals surface area (Å²) >= 11 is 0. The lowest BCUT2D eigenvalue weighted by Gasteiger charge is -2.21. The summed E-state index contributed by atoms with van der Waals surface area (Å²) in [6.45, 7) is 5.58. The van der Waals surface area contributed by atoms with Crippen molar-refractivity contribution in [3.05, 3.63) is 0 Å². The van der Waals surface area contributed by atoms with Crippen molar-refractivity contribution >= 4 is 6.09 Å². The van der Waals surface area contributed by atoms with Crippen LogP contribution in [0.5, 0.6) is 0 Å². The summed E-state index contributed by atoms with van der Waals surface area (Å²) in [5.41, 5.74) is 5.27. The number of hydrazine groups is 1. The van der Waals surface area contributed by atoms with Crippen molar-refractivity contribution in [2.24, 2.45) is 11.8 Å². The number of fused-ring (bicyclic) bond motifs is 1. The molecule has 0 saturated heterocycles. The van der Waals surface area contributed by atoms with Gasteiger partial charge < -0.3 is 4.74 Å². The standard InChI is InChI=1S/C11H20N2O2/c1-11(2,3)15-10(14)13-12-9-5-4-7-6-8(7)9/h7-9,12H,4-6H2,1-3H3,(H,13,14). The lowest BCUT2D eigenvalue weighted by molar-refractivity contribution is 0.0486. The molecule has 86 valence electrons. The molecule has 0 aromatic carbocycles. The minimum Gasteiger partial charge on any atom is -0.443 e. The molecule has 0 heterocycles. The third kappa shape index (κ3) is 2.84. The van der Waals surface area contributed by atoms with Gasteiger partial charge in [0.1, 0.15) is 5.60 Å². The average Bonchev–Trinajstić information content (AvgIpc) is 2.74. The van der Waals surface area contributed by atoms with Crippen LogP contribution in [0.3, 0.4) is 0 Å². The first kappa shape index (κ1) is 10.7. The second-order valence-corrected chi connectivity index (χ2v) is 5.61. The molecule has 0 radical (unpaired) electrons. The van der Waals surface area contributed by atoms with Crippen LogP contribution in [0, 0.1) is 11.8 Å². The Labute approximate surface area is 90.7 Å². The summed E-state index contributed by atoms with van der Waals surface area (Å²) in [6.07, 6.45) is 3.42. The molecule has 2 fully saturated rings. The highest BCUT2D eigenvalue weighted by atomic mass is 16.6. The molecule has 4 heteroatoms. The highest BCUT2D eigenvalue weighted by Crippen LogP contribution is 2.51. The van der Waals surface area contributed by atoms with Gasteiger partial charge in [-0.05, 0) is 51.9 Å². The summed E-state index contributed by atoms with van der Waals surface area (Å²) in [7, 11) is 0. The van der Waals surface area contributed by atoms with Gasteiger partial charge in [0.15, 0.2) is 0 Å². The molecule has 0 aromatic rings. The van der Waals surface area contributed by atoms with E-state index in [1.165, 1.54) is 19.3 Å². The lowest BCUT2D eigenvalue weighted by atomic mass is 10.2. The fourth-order valence-corrected chi connectivity index (χ4v) is 2.34. The Balaban J connectivity index is 1.67. The number of hydrogen-bond acceptors (Lipinski definition) is 3. The Morgan fingerprint density at radius 3 is 2.53 bits per heavy atom. The number of carbonyl (C=O) groups excluding carboxylic acids is 1. The van der Waals surface area contributed by atoms with Gasteiger partial charge in [0.25, 0.3) is 0 Å². The molecule has 2 rings (SSSR count). The zero-order chi connectivity index (χ0) is 11.1. The van der Waals surface area contributed by atoms with Gasteiger partial charge in [-0.3, -0.25) is 5.43 Å². The summed E-state index contributed by atoms with van der Waals surface area (Å²) < 4.78 is 5.13. The Hall–Kier alpha value is -0.770. The minimum absolute atomic E-state index is 0.383. The van der Waals surface area contributed by atoms with Crippen LogP contribution in [-0.4, -0.2) is 17.7 Å². The molecule has 15 heavy (non-hydrogen) atoms. The van der Waals surface area contributed by atoms with E-state index in [0.717, 1.165) is 11.8 Å². The Kier molecular flexibility index (Phi) is 2.63. The maximum Gasteiger partial charge on any atom is 0.422 e. The maximum absolute atomic E-state index is 11.3. The van der Waals surface area contributed by atoms with Gasteiger partial charge in [0.2, 0.25) is 0 Å². The second-order valence-electron chi connectivity index (χ2n) is 5.61. The molecule has 0 spiro atoms. The lowest BCUT2D eigenvalue weighted by Crippen LogP contribution is -2.46. The van der Waals surface area contributed by atoms with Gasteiger partial charge in [-0.15, -0.1) is 0 Å². The highest BCUT2D eigenvalue weighted by Gasteiger charge is 2.48. The molecule has 2 aliphatic rings. The van der Waals surface area contributed by atoms with Crippen molar-refractivity contribution in [1.82, 2.24) is 10.9 Å². The van der Waals surface area contributed by atoms with Gasteiger partial charge in [0, 0.05) is 6.04 Å². The highest BCUT2D eigenvalue weighted by molar-refractivity contribution is 5.67. The van der Waals surface area contributed by atoms with E-state index in [1.54, 1.807) is 0 Å². The summed E-state index contributed by atoms with van der Waals surface area (Å²) in [4.78, 5) is 11.3. The van der Waals surface area contributed by atoms with E-state index in [9.17, 15) is 4.79 Å².